The molecule has 2 heterocycles. The van der Waals surface area contributed by atoms with E-state index in [1.165, 1.54) is 32.2 Å². The Balaban J connectivity index is 0.00000182. The normalized spacial score (nSPS) is 14.4. The van der Waals surface area contributed by atoms with Gasteiger partial charge >= 0.3 is 0 Å². The molecule has 0 spiro atoms. The number of allylic oxidation sites excluding steroid dienone is 1. The summed E-state index contributed by atoms with van der Waals surface area (Å²) in [5.74, 6) is 0. The minimum atomic E-state index is 0. The fourth-order valence-corrected chi connectivity index (χ4v) is 4.21. The zero-order chi connectivity index (χ0) is 16.5. The number of anilines is 1. The minimum Gasteiger partial charge on any atom is -1.00 e. The van der Waals surface area contributed by atoms with Crippen molar-refractivity contribution in [2.24, 2.45) is 0 Å². The second kappa shape index (κ2) is 7.46. The second-order valence-corrected chi connectivity index (χ2v) is 6.89. The molecule has 1 aliphatic heterocycles. The molecule has 1 aliphatic rings. The van der Waals surface area contributed by atoms with Crippen molar-refractivity contribution >= 4 is 34.4 Å². The standard InChI is InChI=1S/C21H19N2S.BrH/c1-3-14-23-17(13-12-16-8-4-5-9-18(16)23)15-21-22(2)19-10-6-7-11-20(19)24-21;/h3-13,15H,1,14H2,2H3;1H/q+1;/p-1. The van der Waals surface area contributed by atoms with Gasteiger partial charge in [-0.1, -0.05) is 42.6 Å². The molecule has 0 saturated carbocycles. The first kappa shape index (κ1) is 17.8. The van der Waals surface area contributed by atoms with Crippen LogP contribution in [0.4, 0.5) is 5.69 Å². The maximum absolute atomic E-state index is 3.93. The van der Waals surface area contributed by atoms with Gasteiger partial charge in [-0.3, -0.25) is 0 Å². The molecule has 0 atom stereocenters. The molecule has 2 aromatic carbocycles. The van der Waals surface area contributed by atoms with E-state index in [-0.39, 0.29) is 17.0 Å². The van der Waals surface area contributed by atoms with E-state index in [4.69, 9.17) is 0 Å². The molecule has 126 valence electrons. The van der Waals surface area contributed by atoms with Crippen molar-refractivity contribution in [3.8, 4) is 0 Å². The summed E-state index contributed by atoms with van der Waals surface area (Å²) in [6, 6.07) is 21.4. The number of hydrogen-bond acceptors (Lipinski definition) is 2. The number of fused-ring (bicyclic) bond motifs is 2. The Labute approximate surface area is 163 Å². The van der Waals surface area contributed by atoms with Crippen molar-refractivity contribution in [1.29, 1.82) is 0 Å². The number of nitrogens with zero attached hydrogens (tertiary/aromatic N) is 2. The summed E-state index contributed by atoms with van der Waals surface area (Å²) in [6.07, 6.45) is 4.22. The number of para-hydroxylation sites is 2. The van der Waals surface area contributed by atoms with Crippen molar-refractivity contribution in [2.45, 2.75) is 11.4 Å². The number of aromatic nitrogens is 1. The summed E-state index contributed by atoms with van der Waals surface area (Å²) in [4.78, 5) is 3.57. The average Bonchev–Trinajstić information content (AvgIpc) is 2.93. The highest BCUT2D eigenvalue weighted by molar-refractivity contribution is 8.03. The smallest absolute Gasteiger partial charge is 0.213 e. The summed E-state index contributed by atoms with van der Waals surface area (Å²) >= 11 is 1.82. The molecule has 0 bridgehead atoms. The van der Waals surface area contributed by atoms with Gasteiger partial charge in [0.25, 0.3) is 0 Å². The fourth-order valence-electron chi connectivity index (χ4n) is 3.11. The molecular weight excluding hydrogens is 392 g/mol. The minimum absolute atomic E-state index is 0. The highest BCUT2D eigenvalue weighted by Crippen LogP contribution is 2.45. The molecule has 0 amide bonds. The van der Waals surface area contributed by atoms with Crippen LogP contribution in [-0.2, 0) is 6.54 Å². The number of rotatable bonds is 3. The van der Waals surface area contributed by atoms with Crippen LogP contribution in [0.3, 0.4) is 0 Å². The molecule has 25 heavy (non-hydrogen) atoms. The van der Waals surface area contributed by atoms with Crippen LogP contribution >= 0.6 is 11.8 Å². The Morgan fingerprint density at radius 1 is 1.04 bits per heavy atom. The Hall–Kier alpha value is -2.04. The highest BCUT2D eigenvalue weighted by Gasteiger charge is 2.23. The van der Waals surface area contributed by atoms with Crippen LogP contribution in [0.5, 0.6) is 0 Å². The predicted octanol–water partition coefficient (Wildman–Crippen LogP) is 1.86. The van der Waals surface area contributed by atoms with Crippen molar-refractivity contribution in [1.82, 2.24) is 0 Å². The molecule has 4 rings (SSSR count). The van der Waals surface area contributed by atoms with Gasteiger partial charge in [0.2, 0.25) is 11.2 Å². The van der Waals surface area contributed by atoms with Gasteiger partial charge in [-0.15, -0.1) is 0 Å². The maximum atomic E-state index is 3.93. The largest absolute Gasteiger partial charge is 1.00 e. The lowest BCUT2D eigenvalue weighted by Crippen LogP contribution is -3.00. The average molecular weight is 411 g/mol. The Kier molecular flexibility index (Phi) is 5.30. The molecule has 4 heteroatoms. The first-order chi connectivity index (χ1) is 11.8. The highest BCUT2D eigenvalue weighted by atomic mass is 79.9. The third kappa shape index (κ3) is 3.24. The van der Waals surface area contributed by atoms with Gasteiger partial charge in [0.1, 0.15) is 0 Å². The zero-order valence-corrected chi connectivity index (χ0v) is 16.4. The van der Waals surface area contributed by atoms with Gasteiger partial charge in [-0.25, -0.2) is 0 Å². The molecule has 3 aromatic rings. The lowest BCUT2D eigenvalue weighted by atomic mass is 10.2. The van der Waals surface area contributed by atoms with Crippen molar-refractivity contribution < 1.29 is 21.5 Å². The second-order valence-electron chi connectivity index (χ2n) is 5.83. The topological polar surface area (TPSA) is 7.12 Å². The molecule has 2 nitrogen and oxygen atoms in total. The van der Waals surface area contributed by atoms with Crippen molar-refractivity contribution in [3.05, 3.63) is 84.0 Å². The summed E-state index contributed by atoms with van der Waals surface area (Å²) in [7, 11) is 2.13. The van der Waals surface area contributed by atoms with E-state index >= 15 is 0 Å². The predicted molar refractivity (Wildman–Crippen MR) is 103 cm³/mol. The van der Waals surface area contributed by atoms with Crippen LogP contribution in [0.25, 0.3) is 17.0 Å². The molecule has 0 radical (unpaired) electrons. The zero-order valence-electron chi connectivity index (χ0n) is 14.0. The summed E-state index contributed by atoms with van der Waals surface area (Å²) in [5, 5.41) is 2.49. The third-order valence-corrected chi connectivity index (χ3v) is 5.49. The van der Waals surface area contributed by atoms with Gasteiger partial charge in [-0.2, -0.15) is 4.57 Å². The van der Waals surface area contributed by atoms with E-state index < -0.39 is 0 Å². The SMILES string of the molecule is C=CC[n+]1c(C=C2Sc3ccccc3N2C)ccc2ccccc21.[Br-]. The van der Waals surface area contributed by atoms with E-state index in [0.29, 0.717) is 0 Å². The van der Waals surface area contributed by atoms with Crippen LogP contribution in [0.2, 0.25) is 0 Å². The van der Waals surface area contributed by atoms with E-state index in [1.54, 1.807) is 0 Å². The molecule has 0 fully saturated rings. The van der Waals surface area contributed by atoms with Crippen LogP contribution in [0.1, 0.15) is 5.69 Å². The molecular formula is C21H19BrN2S. The van der Waals surface area contributed by atoms with Gasteiger partial charge in [0.15, 0.2) is 6.54 Å². The maximum Gasteiger partial charge on any atom is 0.213 e. The molecule has 0 aliphatic carbocycles. The third-order valence-electron chi connectivity index (χ3n) is 4.33. The molecule has 0 unspecified atom stereocenters. The van der Waals surface area contributed by atoms with E-state index in [9.17, 15) is 0 Å². The fraction of sp³-hybridized carbons (Fsp3) is 0.0952. The molecule has 0 N–H and O–H groups in total. The van der Waals surface area contributed by atoms with E-state index in [0.717, 1.165) is 6.54 Å². The Morgan fingerprint density at radius 2 is 1.80 bits per heavy atom. The van der Waals surface area contributed by atoms with Crippen LogP contribution in [-0.4, -0.2) is 7.05 Å². The summed E-state index contributed by atoms with van der Waals surface area (Å²) in [6.45, 7) is 4.72. The Bertz CT molecular complexity index is 965. The Morgan fingerprint density at radius 3 is 2.60 bits per heavy atom. The van der Waals surface area contributed by atoms with Crippen molar-refractivity contribution in [3.63, 3.8) is 0 Å². The van der Waals surface area contributed by atoms with Crippen molar-refractivity contribution in [2.75, 3.05) is 11.9 Å². The number of thioether (sulfide) groups is 1. The first-order valence-electron chi connectivity index (χ1n) is 8.03. The first-order valence-corrected chi connectivity index (χ1v) is 8.84. The lowest BCUT2D eigenvalue weighted by molar-refractivity contribution is -0.662. The number of benzene rings is 2. The van der Waals surface area contributed by atoms with Crippen LogP contribution < -0.4 is 26.4 Å². The molecule has 1 aromatic heterocycles. The number of pyridine rings is 1. The van der Waals surface area contributed by atoms with Gasteiger partial charge < -0.3 is 21.9 Å². The lowest BCUT2D eigenvalue weighted by Gasteiger charge is -2.13. The van der Waals surface area contributed by atoms with Gasteiger partial charge in [0.05, 0.1) is 10.7 Å². The summed E-state index contributed by atoms with van der Waals surface area (Å²) in [5.41, 5.74) is 3.69. The van der Waals surface area contributed by atoms with Crippen LogP contribution in [0, 0.1) is 0 Å². The van der Waals surface area contributed by atoms with Crippen LogP contribution in [0.15, 0.2) is 83.2 Å². The number of hydrogen-bond donors (Lipinski definition) is 0. The molecule has 0 saturated heterocycles. The number of halogens is 1. The summed E-state index contributed by atoms with van der Waals surface area (Å²) < 4.78 is 2.31. The van der Waals surface area contributed by atoms with Gasteiger partial charge in [-0.05, 0) is 30.3 Å². The quantitative estimate of drug-likeness (QED) is 0.480. The monoisotopic (exact) mass is 410 g/mol. The van der Waals surface area contributed by atoms with E-state index in [2.05, 4.69) is 89.8 Å². The van der Waals surface area contributed by atoms with Gasteiger partial charge in [0, 0.05) is 35.5 Å². The van der Waals surface area contributed by atoms with E-state index in [1.807, 2.05) is 17.8 Å².